The van der Waals surface area contributed by atoms with Crippen LogP contribution in [0.3, 0.4) is 0 Å². The van der Waals surface area contributed by atoms with Crippen LogP contribution in [0.1, 0.15) is 39.3 Å². The Balaban J connectivity index is 1.33. The zero-order valence-corrected chi connectivity index (χ0v) is 18.4. The minimum atomic E-state index is -0.421. The maximum Gasteiger partial charge on any atom is 0.274 e. The first-order chi connectivity index (χ1) is 16.0. The van der Waals surface area contributed by atoms with Gasteiger partial charge in [0.2, 0.25) is 0 Å². The van der Waals surface area contributed by atoms with Crippen molar-refractivity contribution in [1.82, 2.24) is 14.3 Å². The van der Waals surface area contributed by atoms with Crippen LogP contribution in [0.15, 0.2) is 73.1 Å². The minimum absolute atomic E-state index is 0.128. The quantitative estimate of drug-likeness (QED) is 0.410. The molecule has 0 bridgehead atoms. The summed E-state index contributed by atoms with van der Waals surface area (Å²) in [7, 11) is 0. The average Bonchev–Trinajstić information content (AvgIpc) is 3.27. The molecule has 33 heavy (non-hydrogen) atoms. The molecule has 0 spiro atoms. The van der Waals surface area contributed by atoms with Gasteiger partial charge < -0.3 is 9.30 Å². The average molecular weight is 442 g/mol. The van der Waals surface area contributed by atoms with Gasteiger partial charge in [-0.1, -0.05) is 42.5 Å². The van der Waals surface area contributed by atoms with Crippen LogP contribution < -0.4 is 0 Å². The predicted octanol–water partition coefficient (Wildman–Crippen LogP) is 5.18. The zero-order valence-electron chi connectivity index (χ0n) is 18.4. The van der Waals surface area contributed by atoms with Crippen LogP contribution >= 0.6 is 0 Å². The number of aromatic nitrogens is 2. The van der Waals surface area contributed by atoms with Crippen molar-refractivity contribution in [3.63, 3.8) is 0 Å². The maximum absolute atomic E-state index is 14.8. The number of hydrogen-bond donors (Lipinski definition) is 0. The number of ketones is 1. The van der Waals surface area contributed by atoms with Crippen molar-refractivity contribution in [3.05, 3.63) is 95.7 Å². The molecule has 6 heteroatoms. The third kappa shape index (κ3) is 4.16. The summed E-state index contributed by atoms with van der Waals surface area (Å²) in [5.41, 5.74) is 3.74. The lowest BCUT2D eigenvalue weighted by atomic mass is 9.89. The van der Waals surface area contributed by atoms with Crippen molar-refractivity contribution in [2.45, 2.75) is 19.8 Å². The number of fused-ring (bicyclic) bond motifs is 1. The highest BCUT2D eigenvalue weighted by atomic mass is 19.1. The summed E-state index contributed by atoms with van der Waals surface area (Å²) in [5, 5.41) is 0. The molecule has 0 radical (unpaired) electrons. The SMILES string of the molecule is Cc1ccn2cc(C(=O)N3CCC[C@H](C(=O)c4ccc(-c5ccccc5)c(F)c4)C3)nc2c1. The summed E-state index contributed by atoms with van der Waals surface area (Å²) in [6.07, 6.45) is 5.00. The van der Waals surface area contributed by atoms with Crippen LogP contribution in [0.2, 0.25) is 0 Å². The van der Waals surface area contributed by atoms with E-state index in [0.29, 0.717) is 36.3 Å². The standard InChI is InChI=1S/C27H24FN3O2/c1-18-11-13-30-17-24(29-25(30)14-18)27(33)31-12-5-8-21(16-31)26(32)20-9-10-22(23(28)15-20)19-6-3-2-4-7-19/h2-4,6-7,9-11,13-15,17,21H,5,8,12,16H2,1H3/t21-/m0/s1. The van der Waals surface area contributed by atoms with Gasteiger partial charge in [0, 0.05) is 42.5 Å². The number of Topliss-reactive ketones (excluding diaryl/α,β-unsaturated/α-hetero) is 1. The number of likely N-dealkylation sites (tertiary alicyclic amines) is 1. The lowest BCUT2D eigenvalue weighted by molar-refractivity contribution is 0.0632. The van der Waals surface area contributed by atoms with E-state index in [1.54, 1.807) is 23.2 Å². The Morgan fingerprint density at radius 2 is 1.88 bits per heavy atom. The van der Waals surface area contributed by atoms with E-state index in [4.69, 9.17) is 0 Å². The van der Waals surface area contributed by atoms with Crippen LogP contribution in [-0.4, -0.2) is 39.1 Å². The molecule has 166 valence electrons. The first-order valence-corrected chi connectivity index (χ1v) is 11.1. The number of aryl methyl sites for hydroxylation is 1. The Bertz CT molecular complexity index is 1350. The van der Waals surface area contributed by atoms with E-state index >= 15 is 0 Å². The van der Waals surface area contributed by atoms with Gasteiger partial charge in [0.15, 0.2) is 5.78 Å². The fourth-order valence-electron chi connectivity index (χ4n) is 4.48. The van der Waals surface area contributed by atoms with Crippen LogP contribution in [0.5, 0.6) is 0 Å². The molecule has 2 aromatic heterocycles. The Hall–Kier alpha value is -3.80. The Kier molecular flexibility index (Phi) is 5.50. The van der Waals surface area contributed by atoms with E-state index in [-0.39, 0.29) is 17.6 Å². The van der Waals surface area contributed by atoms with E-state index in [1.165, 1.54) is 6.07 Å². The molecule has 2 aromatic carbocycles. The number of halogens is 1. The summed E-state index contributed by atoms with van der Waals surface area (Å²) < 4.78 is 16.6. The summed E-state index contributed by atoms with van der Waals surface area (Å²) in [6.45, 7) is 2.87. The molecule has 1 saturated heterocycles. The molecular formula is C27H24FN3O2. The third-order valence-electron chi connectivity index (χ3n) is 6.25. The molecule has 0 unspecified atom stereocenters. The van der Waals surface area contributed by atoms with Crippen molar-refractivity contribution < 1.29 is 14.0 Å². The number of piperidine rings is 1. The highest BCUT2D eigenvalue weighted by Crippen LogP contribution is 2.27. The normalized spacial score (nSPS) is 16.2. The fourth-order valence-corrected chi connectivity index (χ4v) is 4.48. The van der Waals surface area contributed by atoms with Crippen molar-refractivity contribution >= 4 is 17.3 Å². The van der Waals surface area contributed by atoms with Crippen molar-refractivity contribution in [2.75, 3.05) is 13.1 Å². The lowest BCUT2D eigenvalue weighted by Crippen LogP contribution is -2.42. The third-order valence-corrected chi connectivity index (χ3v) is 6.25. The number of imidazole rings is 1. The van der Waals surface area contributed by atoms with Gasteiger partial charge in [-0.2, -0.15) is 0 Å². The number of amides is 1. The largest absolute Gasteiger partial charge is 0.337 e. The van der Waals surface area contributed by atoms with Gasteiger partial charge in [-0.15, -0.1) is 0 Å². The molecule has 1 fully saturated rings. The number of carbonyl (C=O) groups is 2. The van der Waals surface area contributed by atoms with Crippen LogP contribution in [0.4, 0.5) is 4.39 Å². The number of benzene rings is 2. The van der Waals surface area contributed by atoms with E-state index in [1.807, 2.05) is 60.0 Å². The first kappa shape index (κ1) is 21.1. The topological polar surface area (TPSA) is 54.7 Å². The number of hydrogen-bond acceptors (Lipinski definition) is 3. The summed E-state index contributed by atoms with van der Waals surface area (Å²) >= 11 is 0. The highest BCUT2D eigenvalue weighted by molar-refractivity contribution is 5.99. The van der Waals surface area contributed by atoms with E-state index in [0.717, 1.165) is 23.2 Å². The predicted molar refractivity (Wildman–Crippen MR) is 125 cm³/mol. The second-order valence-corrected chi connectivity index (χ2v) is 8.61. The van der Waals surface area contributed by atoms with Crippen LogP contribution in [0.25, 0.3) is 16.8 Å². The van der Waals surface area contributed by atoms with Crippen LogP contribution in [0, 0.1) is 18.7 Å². The summed E-state index contributed by atoms with van der Waals surface area (Å²) in [6, 6.07) is 17.8. The van der Waals surface area contributed by atoms with Gasteiger partial charge in [0.25, 0.3) is 5.91 Å². The molecule has 1 aliphatic rings. The van der Waals surface area contributed by atoms with Crippen molar-refractivity contribution in [1.29, 1.82) is 0 Å². The minimum Gasteiger partial charge on any atom is -0.337 e. The molecule has 0 saturated carbocycles. The molecular weight excluding hydrogens is 417 g/mol. The van der Waals surface area contributed by atoms with Crippen LogP contribution in [-0.2, 0) is 0 Å². The number of nitrogens with zero attached hydrogens (tertiary/aromatic N) is 3. The van der Waals surface area contributed by atoms with Gasteiger partial charge in [0.1, 0.15) is 17.2 Å². The second-order valence-electron chi connectivity index (χ2n) is 8.61. The monoisotopic (exact) mass is 441 g/mol. The molecule has 1 amide bonds. The van der Waals surface area contributed by atoms with Gasteiger partial charge >= 0.3 is 0 Å². The molecule has 0 aliphatic carbocycles. The molecule has 0 N–H and O–H groups in total. The van der Waals surface area contributed by atoms with Gasteiger partial charge in [-0.05, 0) is 49.1 Å². The van der Waals surface area contributed by atoms with E-state index < -0.39 is 5.82 Å². The number of rotatable bonds is 4. The Morgan fingerprint density at radius 1 is 1.06 bits per heavy atom. The highest BCUT2D eigenvalue weighted by Gasteiger charge is 2.30. The Labute approximate surface area is 191 Å². The molecule has 1 aliphatic heterocycles. The molecule has 1 atom stereocenters. The maximum atomic E-state index is 14.8. The summed E-state index contributed by atoms with van der Waals surface area (Å²) in [5.74, 6) is -1.09. The second kappa shape index (κ2) is 8.62. The lowest BCUT2D eigenvalue weighted by Gasteiger charge is -2.31. The number of carbonyl (C=O) groups excluding carboxylic acids is 2. The van der Waals surface area contributed by atoms with Crippen molar-refractivity contribution in [3.8, 4) is 11.1 Å². The summed E-state index contributed by atoms with van der Waals surface area (Å²) in [4.78, 5) is 32.4. The van der Waals surface area contributed by atoms with Gasteiger partial charge in [0.05, 0.1) is 0 Å². The Morgan fingerprint density at radius 3 is 2.67 bits per heavy atom. The van der Waals surface area contributed by atoms with Gasteiger partial charge in [-0.25, -0.2) is 9.37 Å². The smallest absolute Gasteiger partial charge is 0.274 e. The van der Waals surface area contributed by atoms with Gasteiger partial charge in [-0.3, -0.25) is 9.59 Å². The zero-order chi connectivity index (χ0) is 22.9. The fraction of sp³-hybridized carbons (Fsp3) is 0.222. The molecule has 5 rings (SSSR count). The number of pyridine rings is 1. The first-order valence-electron chi connectivity index (χ1n) is 11.1. The van der Waals surface area contributed by atoms with Crippen molar-refractivity contribution in [2.24, 2.45) is 5.92 Å². The molecule has 5 nitrogen and oxygen atoms in total. The van der Waals surface area contributed by atoms with E-state index in [9.17, 15) is 14.0 Å². The van der Waals surface area contributed by atoms with E-state index in [2.05, 4.69) is 4.98 Å². The molecule has 4 aromatic rings. The molecule has 3 heterocycles.